The number of esters is 3. The predicted molar refractivity (Wildman–Crippen MR) is 118 cm³/mol. The van der Waals surface area contributed by atoms with Gasteiger partial charge < -0.3 is 19.5 Å². The van der Waals surface area contributed by atoms with Crippen molar-refractivity contribution in [2.75, 3.05) is 6.54 Å². The fraction of sp³-hybridized carbons (Fsp3) is 0.125. The van der Waals surface area contributed by atoms with E-state index in [1.165, 1.54) is 36.7 Å². The zero-order chi connectivity index (χ0) is 23.0. The molecule has 0 fully saturated rings. The third-order valence-corrected chi connectivity index (χ3v) is 4.51. The van der Waals surface area contributed by atoms with E-state index in [1.807, 2.05) is 12.2 Å². The number of hydrogen-bond acceptors (Lipinski definition) is 9. The highest BCUT2D eigenvalue weighted by molar-refractivity contribution is 6.01. The van der Waals surface area contributed by atoms with Crippen LogP contribution in [-0.4, -0.2) is 41.9 Å². The number of allylic oxidation sites excluding steroid dienone is 3. The summed E-state index contributed by atoms with van der Waals surface area (Å²) in [6, 6.07) is 8.70. The molecule has 0 radical (unpaired) electrons. The molecule has 1 aromatic carbocycles. The van der Waals surface area contributed by atoms with E-state index in [0.29, 0.717) is 13.0 Å². The van der Waals surface area contributed by atoms with Crippen molar-refractivity contribution in [2.45, 2.75) is 12.6 Å². The molecule has 33 heavy (non-hydrogen) atoms. The van der Waals surface area contributed by atoms with E-state index >= 15 is 0 Å². The van der Waals surface area contributed by atoms with E-state index in [0.717, 1.165) is 0 Å². The molecular weight excluding hydrogens is 426 g/mol. The number of carbonyl (C=O) groups is 3. The first-order chi connectivity index (χ1) is 16.1. The summed E-state index contributed by atoms with van der Waals surface area (Å²) < 4.78 is 16.0. The fourth-order valence-corrected chi connectivity index (χ4v) is 2.95. The Morgan fingerprint density at radius 1 is 0.909 bits per heavy atom. The maximum atomic E-state index is 12.7. The smallest absolute Gasteiger partial charge is 0.344 e. The Morgan fingerprint density at radius 3 is 2.30 bits per heavy atom. The SMILES string of the molecule is O=C(OC1=CC=CCN1)c1cc(C(=O)Oc2ccccn2)cc(C(=O)OC2CC=CC=N2)c1. The quantitative estimate of drug-likeness (QED) is 0.675. The Labute approximate surface area is 189 Å². The number of ether oxygens (including phenoxy) is 3. The highest BCUT2D eigenvalue weighted by Gasteiger charge is 2.22. The summed E-state index contributed by atoms with van der Waals surface area (Å²) >= 11 is 0. The highest BCUT2D eigenvalue weighted by atomic mass is 16.6. The Morgan fingerprint density at radius 2 is 1.67 bits per heavy atom. The van der Waals surface area contributed by atoms with Gasteiger partial charge in [-0.2, -0.15) is 0 Å². The van der Waals surface area contributed by atoms with E-state index in [9.17, 15) is 14.4 Å². The predicted octanol–water partition coefficient (Wildman–Crippen LogP) is 2.97. The number of carbonyl (C=O) groups excluding carboxylic acids is 3. The molecule has 2 aliphatic heterocycles. The van der Waals surface area contributed by atoms with Crippen molar-refractivity contribution in [3.63, 3.8) is 0 Å². The minimum Gasteiger partial charge on any atom is -0.436 e. The summed E-state index contributed by atoms with van der Waals surface area (Å²) in [6.07, 6.45) is 11.5. The molecule has 0 aliphatic carbocycles. The standard InChI is InChI=1S/C24H19N3O6/c28-22(31-19-7-1-4-10-25-19)16-13-17(23(29)32-20-8-2-5-11-26-20)15-18(14-16)24(30)33-21-9-3-6-12-27-21/h1-8,10,12-15,21,26H,9,11H2. The van der Waals surface area contributed by atoms with Gasteiger partial charge in [-0.15, -0.1) is 0 Å². The second kappa shape index (κ2) is 10.2. The highest BCUT2D eigenvalue weighted by Crippen LogP contribution is 2.18. The van der Waals surface area contributed by atoms with Gasteiger partial charge >= 0.3 is 17.9 Å². The second-order valence-electron chi connectivity index (χ2n) is 6.91. The van der Waals surface area contributed by atoms with Gasteiger partial charge in [-0.05, 0) is 36.4 Å². The van der Waals surface area contributed by atoms with Gasteiger partial charge in [0.1, 0.15) is 0 Å². The number of aliphatic imine (C=N–C) groups is 1. The van der Waals surface area contributed by atoms with Crippen molar-refractivity contribution < 1.29 is 28.6 Å². The molecule has 0 saturated carbocycles. The summed E-state index contributed by atoms with van der Waals surface area (Å²) in [5.41, 5.74) is -0.0889. The van der Waals surface area contributed by atoms with Crippen LogP contribution in [0.1, 0.15) is 37.5 Å². The van der Waals surface area contributed by atoms with Gasteiger partial charge in [-0.25, -0.2) is 19.4 Å². The van der Waals surface area contributed by atoms with Gasteiger partial charge in [0.25, 0.3) is 0 Å². The molecule has 3 heterocycles. The van der Waals surface area contributed by atoms with Crippen LogP contribution >= 0.6 is 0 Å². The van der Waals surface area contributed by atoms with Crippen molar-refractivity contribution in [3.05, 3.63) is 95.5 Å². The molecule has 2 aromatic rings. The number of pyridine rings is 1. The van der Waals surface area contributed by atoms with Crippen LogP contribution in [0.15, 0.2) is 83.9 Å². The van der Waals surface area contributed by atoms with Gasteiger partial charge in [0.2, 0.25) is 5.88 Å². The van der Waals surface area contributed by atoms with Gasteiger partial charge in [-0.3, -0.25) is 4.99 Å². The van der Waals surface area contributed by atoms with Crippen molar-refractivity contribution >= 4 is 24.1 Å². The van der Waals surface area contributed by atoms with Crippen LogP contribution < -0.4 is 10.1 Å². The first-order valence-electron chi connectivity index (χ1n) is 10.1. The number of nitrogens with one attached hydrogen (secondary N) is 1. The molecule has 9 nitrogen and oxygen atoms in total. The maximum Gasteiger partial charge on any atom is 0.344 e. The van der Waals surface area contributed by atoms with E-state index < -0.39 is 24.1 Å². The van der Waals surface area contributed by atoms with Crippen LogP contribution in [0.5, 0.6) is 5.88 Å². The van der Waals surface area contributed by atoms with Crippen molar-refractivity contribution in [1.82, 2.24) is 10.3 Å². The first kappa shape index (κ1) is 21.7. The molecule has 0 bridgehead atoms. The van der Waals surface area contributed by atoms with Gasteiger partial charge in [0.05, 0.1) is 16.7 Å². The van der Waals surface area contributed by atoms with Crippen LogP contribution in [0.25, 0.3) is 0 Å². The Bertz CT molecular complexity index is 1180. The van der Waals surface area contributed by atoms with Crippen LogP contribution in [0, 0.1) is 0 Å². The Hall–Kier alpha value is -4.53. The lowest BCUT2D eigenvalue weighted by Gasteiger charge is -2.15. The normalized spacial score (nSPS) is 16.4. The number of rotatable bonds is 6. The molecule has 4 rings (SSSR count). The summed E-state index contributed by atoms with van der Waals surface area (Å²) in [5.74, 6) is -1.98. The largest absolute Gasteiger partial charge is 0.436 e. The van der Waals surface area contributed by atoms with Gasteiger partial charge in [0, 0.05) is 31.4 Å². The molecule has 1 aromatic heterocycles. The Balaban J connectivity index is 1.60. The number of hydrogen-bond donors (Lipinski definition) is 1. The fourth-order valence-electron chi connectivity index (χ4n) is 2.95. The van der Waals surface area contributed by atoms with Gasteiger partial charge in [-0.1, -0.05) is 24.3 Å². The first-order valence-corrected chi connectivity index (χ1v) is 10.1. The molecule has 0 amide bonds. The van der Waals surface area contributed by atoms with E-state index in [1.54, 1.807) is 30.4 Å². The molecule has 0 spiro atoms. The summed E-state index contributed by atoms with van der Waals surface area (Å²) in [6.45, 7) is 0.503. The average molecular weight is 445 g/mol. The lowest BCUT2D eigenvalue weighted by molar-refractivity contribution is 0.0327. The maximum absolute atomic E-state index is 12.7. The molecular formula is C24H19N3O6. The number of benzene rings is 1. The van der Waals surface area contributed by atoms with Crippen LogP contribution in [0.4, 0.5) is 0 Å². The monoisotopic (exact) mass is 445 g/mol. The molecule has 1 N–H and O–H groups in total. The third kappa shape index (κ3) is 5.79. The van der Waals surface area contributed by atoms with Crippen LogP contribution in [0.2, 0.25) is 0 Å². The van der Waals surface area contributed by atoms with Crippen LogP contribution in [0.3, 0.4) is 0 Å². The molecule has 166 valence electrons. The van der Waals surface area contributed by atoms with Crippen molar-refractivity contribution in [1.29, 1.82) is 0 Å². The second-order valence-corrected chi connectivity index (χ2v) is 6.91. The van der Waals surface area contributed by atoms with E-state index in [-0.39, 0.29) is 28.5 Å². The topological polar surface area (TPSA) is 116 Å². The summed E-state index contributed by atoms with van der Waals surface area (Å²) in [4.78, 5) is 46.2. The molecule has 2 aliphatic rings. The average Bonchev–Trinajstić information content (AvgIpc) is 2.85. The van der Waals surface area contributed by atoms with Crippen LogP contribution in [-0.2, 0) is 9.47 Å². The molecule has 1 unspecified atom stereocenters. The zero-order valence-electron chi connectivity index (χ0n) is 17.3. The number of dihydropyridines is 2. The zero-order valence-corrected chi connectivity index (χ0v) is 17.3. The van der Waals surface area contributed by atoms with E-state index in [2.05, 4.69) is 15.3 Å². The third-order valence-electron chi connectivity index (χ3n) is 4.51. The van der Waals surface area contributed by atoms with Gasteiger partial charge in [0.15, 0.2) is 12.1 Å². The minimum absolute atomic E-state index is 0.0207. The lowest BCUT2D eigenvalue weighted by Crippen LogP contribution is -2.22. The molecule has 0 saturated heterocycles. The van der Waals surface area contributed by atoms with E-state index in [4.69, 9.17) is 14.2 Å². The molecule has 1 atom stereocenters. The summed E-state index contributed by atoms with van der Waals surface area (Å²) in [5, 5.41) is 2.90. The van der Waals surface area contributed by atoms with Crippen molar-refractivity contribution in [3.8, 4) is 5.88 Å². The number of aromatic nitrogens is 1. The Kier molecular flexibility index (Phi) is 6.70. The minimum atomic E-state index is -0.797. The molecule has 9 heteroatoms. The van der Waals surface area contributed by atoms with Crippen molar-refractivity contribution in [2.24, 2.45) is 4.99 Å². The number of nitrogens with zero attached hydrogens (tertiary/aromatic N) is 2. The summed E-state index contributed by atoms with van der Waals surface area (Å²) in [7, 11) is 0. The lowest BCUT2D eigenvalue weighted by atomic mass is 10.1.